The Morgan fingerprint density at radius 3 is 2.79 bits per heavy atom. The van der Waals surface area contributed by atoms with Gasteiger partial charge in [-0.3, -0.25) is 9.59 Å². The second-order valence-electron chi connectivity index (χ2n) is 6.77. The molecule has 0 radical (unpaired) electrons. The highest BCUT2D eigenvalue weighted by Crippen LogP contribution is 2.24. The highest BCUT2D eigenvalue weighted by molar-refractivity contribution is 5.95. The number of aryl methyl sites for hydroxylation is 1. The van der Waals surface area contributed by atoms with Crippen LogP contribution in [-0.2, 0) is 0 Å². The van der Waals surface area contributed by atoms with Crippen LogP contribution in [-0.4, -0.2) is 65.1 Å². The van der Waals surface area contributed by atoms with E-state index in [-0.39, 0.29) is 11.5 Å². The summed E-state index contributed by atoms with van der Waals surface area (Å²) in [5.74, 6) is -0.214. The Hall–Kier alpha value is -2.17. The van der Waals surface area contributed by atoms with Crippen molar-refractivity contribution in [3.8, 4) is 6.07 Å². The Morgan fingerprint density at radius 1 is 1.46 bits per heavy atom. The number of H-pyrrole nitrogens is 1. The second-order valence-corrected chi connectivity index (χ2v) is 6.77. The fourth-order valence-corrected chi connectivity index (χ4v) is 3.23. The lowest BCUT2D eigenvalue weighted by Crippen LogP contribution is -2.41. The Kier molecular flexibility index (Phi) is 5.42. The summed E-state index contributed by atoms with van der Waals surface area (Å²) in [5.41, 5.74) is -0.553. The van der Waals surface area contributed by atoms with Gasteiger partial charge in [0, 0.05) is 25.3 Å². The zero-order valence-corrected chi connectivity index (χ0v) is 14.4. The summed E-state index contributed by atoms with van der Waals surface area (Å²) in [5, 5.41) is 19.7. The van der Waals surface area contributed by atoms with Crippen LogP contribution in [0.25, 0.3) is 0 Å². The number of pyridine rings is 1. The normalized spacial score (nSPS) is 21.4. The highest BCUT2D eigenvalue weighted by Gasteiger charge is 2.32. The van der Waals surface area contributed by atoms with E-state index in [0.29, 0.717) is 50.2 Å². The molecule has 1 aliphatic rings. The maximum atomic E-state index is 12.8. The molecule has 2 rings (SSSR count). The number of nitrogens with zero attached hydrogens (tertiary/aromatic N) is 3. The van der Waals surface area contributed by atoms with Gasteiger partial charge < -0.3 is 19.9 Å². The molecular formula is C17H24N4O3. The number of carbonyl (C=O) groups excluding carboxylic acids is 1. The van der Waals surface area contributed by atoms with E-state index in [4.69, 9.17) is 5.26 Å². The molecule has 0 saturated carbocycles. The molecule has 1 fully saturated rings. The lowest BCUT2D eigenvalue weighted by Gasteiger charge is -2.30. The largest absolute Gasteiger partial charge is 0.388 e. The molecule has 1 atom stereocenters. The quantitative estimate of drug-likeness (QED) is 0.838. The number of hydrogen-bond donors (Lipinski definition) is 2. The summed E-state index contributed by atoms with van der Waals surface area (Å²) in [6.45, 7) is 3.21. The molecule has 2 heterocycles. The zero-order chi connectivity index (χ0) is 17.9. The van der Waals surface area contributed by atoms with Crippen LogP contribution in [0.3, 0.4) is 0 Å². The van der Waals surface area contributed by atoms with E-state index >= 15 is 0 Å². The molecule has 1 aliphatic heterocycles. The predicted octanol–water partition coefficient (Wildman–Crippen LogP) is 0.474. The first-order valence-corrected chi connectivity index (χ1v) is 8.06. The minimum atomic E-state index is -0.795. The van der Waals surface area contributed by atoms with Crippen LogP contribution in [0.4, 0.5) is 0 Å². The lowest BCUT2D eigenvalue weighted by atomic mass is 9.94. The molecular weight excluding hydrogens is 308 g/mol. The van der Waals surface area contributed by atoms with Crippen molar-refractivity contribution in [2.24, 2.45) is 0 Å². The molecule has 0 aromatic carbocycles. The predicted molar refractivity (Wildman–Crippen MR) is 89.8 cm³/mol. The lowest BCUT2D eigenvalue weighted by molar-refractivity contribution is 0.00305. The molecule has 0 aliphatic carbocycles. The fourth-order valence-electron chi connectivity index (χ4n) is 3.23. The third-order valence-electron chi connectivity index (χ3n) is 4.40. The molecule has 1 aromatic rings. The molecule has 1 saturated heterocycles. The average Bonchev–Trinajstić information content (AvgIpc) is 2.68. The van der Waals surface area contributed by atoms with Crippen molar-refractivity contribution in [2.45, 2.75) is 31.8 Å². The van der Waals surface area contributed by atoms with E-state index in [0.717, 1.165) is 0 Å². The van der Waals surface area contributed by atoms with Crippen LogP contribution in [0.15, 0.2) is 10.9 Å². The van der Waals surface area contributed by atoms with Gasteiger partial charge in [-0.25, -0.2) is 0 Å². The van der Waals surface area contributed by atoms with Crippen LogP contribution < -0.4 is 5.56 Å². The van der Waals surface area contributed by atoms with Crippen LogP contribution in [0.2, 0.25) is 0 Å². The number of nitriles is 1. The number of aliphatic hydroxyl groups is 1. The average molecular weight is 332 g/mol. The van der Waals surface area contributed by atoms with Crippen molar-refractivity contribution in [1.29, 1.82) is 5.26 Å². The third-order valence-corrected chi connectivity index (χ3v) is 4.40. The fraction of sp³-hybridized carbons (Fsp3) is 0.588. The summed E-state index contributed by atoms with van der Waals surface area (Å²) in [6, 6.07) is 3.16. The number of likely N-dealkylation sites (N-methyl/N-ethyl adjacent to an activating group) is 1. The number of nitrogens with one attached hydrogen (secondary N) is 1. The van der Waals surface area contributed by atoms with E-state index in [1.807, 2.05) is 25.1 Å². The van der Waals surface area contributed by atoms with Gasteiger partial charge in [-0.2, -0.15) is 5.26 Å². The summed E-state index contributed by atoms with van der Waals surface area (Å²) in [6.07, 6.45) is 1.86. The minimum Gasteiger partial charge on any atom is -0.388 e. The smallest absolute Gasteiger partial charge is 0.266 e. The standard InChI is InChI=1S/C17H24N4O3/c1-12-14(9-13(10-18)15(22)19-12)16(23)21-7-4-5-17(24,6-8-21)11-20(2)3/h9,24H,4-8,11H2,1-3H3,(H,19,22)/t17-/m1/s1. The van der Waals surface area contributed by atoms with Crippen LogP contribution >= 0.6 is 0 Å². The number of aromatic nitrogens is 1. The number of rotatable bonds is 3. The van der Waals surface area contributed by atoms with Gasteiger partial charge in [0.25, 0.3) is 11.5 Å². The zero-order valence-electron chi connectivity index (χ0n) is 14.4. The molecule has 0 unspecified atom stereocenters. The molecule has 1 aromatic heterocycles. The summed E-state index contributed by atoms with van der Waals surface area (Å²) in [4.78, 5) is 30.6. The molecule has 7 heteroatoms. The molecule has 1 amide bonds. The van der Waals surface area contributed by atoms with Crippen molar-refractivity contribution < 1.29 is 9.90 Å². The summed E-state index contributed by atoms with van der Waals surface area (Å²) >= 11 is 0. The van der Waals surface area contributed by atoms with Crippen molar-refractivity contribution in [3.05, 3.63) is 33.2 Å². The number of amides is 1. The van der Waals surface area contributed by atoms with Crippen molar-refractivity contribution in [2.75, 3.05) is 33.7 Å². The van der Waals surface area contributed by atoms with E-state index < -0.39 is 11.2 Å². The SMILES string of the molecule is Cc1[nH]c(=O)c(C#N)cc1C(=O)N1CCC[C@](O)(CN(C)C)CC1. The summed E-state index contributed by atoms with van der Waals surface area (Å²) < 4.78 is 0. The Balaban J connectivity index is 2.20. The Morgan fingerprint density at radius 2 is 2.17 bits per heavy atom. The van der Waals surface area contributed by atoms with Gasteiger partial charge in [-0.05, 0) is 46.3 Å². The topological polar surface area (TPSA) is 100 Å². The Bertz CT molecular complexity index is 720. The van der Waals surface area contributed by atoms with Gasteiger partial charge in [-0.1, -0.05) is 0 Å². The van der Waals surface area contributed by atoms with Gasteiger partial charge in [0.15, 0.2) is 0 Å². The van der Waals surface area contributed by atoms with Gasteiger partial charge in [0.2, 0.25) is 0 Å². The van der Waals surface area contributed by atoms with E-state index in [9.17, 15) is 14.7 Å². The molecule has 7 nitrogen and oxygen atoms in total. The third kappa shape index (κ3) is 4.02. The monoisotopic (exact) mass is 332 g/mol. The van der Waals surface area contributed by atoms with Gasteiger partial charge in [0.05, 0.1) is 11.2 Å². The Labute approximate surface area is 141 Å². The van der Waals surface area contributed by atoms with Crippen molar-refractivity contribution in [1.82, 2.24) is 14.8 Å². The van der Waals surface area contributed by atoms with Gasteiger partial charge >= 0.3 is 0 Å². The molecule has 2 N–H and O–H groups in total. The summed E-state index contributed by atoms with van der Waals surface area (Å²) in [7, 11) is 3.83. The number of hydrogen-bond acceptors (Lipinski definition) is 5. The molecule has 130 valence electrons. The minimum absolute atomic E-state index is 0.0668. The highest BCUT2D eigenvalue weighted by atomic mass is 16.3. The van der Waals surface area contributed by atoms with E-state index in [1.54, 1.807) is 11.8 Å². The molecule has 24 heavy (non-hydrogen) atoms. The number of carbonyl (C=O) groups is 1. The maximum absolute atomic E-state index is 12.8. The first-order valence-electron chi connectivity index (χ1n) is 8.06. The molecule has 0 bridgehead atoms. The maximum Gasteiger partial charge on any atom is 0.266 e. The van der Waals surface area contributed by atoms with Crippen LogP contribution in [0.5, 0.6) is 0 Å². The van der Waals surface area contributed by atoms with Crippen LogP contribution in [0.1, 0.15) is 40.9 Å². The van der Waals surface area contributed by atoms with E-state index in [1.165, 1.54) is 6.07 Å². The first kappa shape index (κ1) is 18.2. The van der Waals surface area contributed by atoms with Crippen molar-refractivity contribution in [3.63, 3.8) is 0 Å². The van der Waals surface area contributed by atoms with Gasteiger partial charge in [0.1, 0.15) is 11.6 Å². The first-order chi connectivity index (χ1) is 11.3. The molecule has 0 spiro atoms. The number of aromatic amines is 1. The van der Waals surface area contributed by atoms with Crippen molar-refractivity contribution >= 4 is 5.91 Å². The number of likely N-dealkylation sites (tertiary alicyclic amines) is 1. The van der Waals surface area contributed by atoms with Crippen LogP contribution in [0, 0.1) is 18.3 Å². The van der Waals surface area contributed by atoms with E-state index in [2.05, 4.69) is 4.98 Å². The second kappa shape index (κ2) is 7.16. The van der Waals surface area contributed by atoms with Gasteiger partial charge in [-0.15, -0.1) is 0 Å².